The summed E-state index contributed by atoms with van der Waals surface area (Å²) < 4.78 is 0.138. The molecule has 112 valence electrons. The zero-order valence-electron chi connectivity index (χ0n) is 11.5. The van der Waals surface area contributed by atoms with Gasteiger partial charge in [0.1, 0.15) is 4.49 Å². The van der Waals surface area contributed by atoms with E-state index in [1.807, 2.05) is 13.8 Å². The number of benzene rings is 1. The largest absolute Gasteiger partial charge is 0.326 e. The number of nitro groups is 1. The highest BCUT2D eigenvalue weighted by atomic mass is 35.5. The first-order valence-electron chi connectivity index (χ1n) is 6.31. The number of nitro benzene ring substituents is 1. The van der Waals surface area contributed by atoms with Crippen LogP contribution in [0.2, 0.25) is 0 Å². The van der Waals surface area contributed by atoms with Gasteiger partial charge in [0.2, 0.25) is 5.91 Å². The number of hydrogen-bond acceptors (Lipinski definition) is 3. The lowest BCUT2D eigenvalue weighted by Gasteiger charge is -2.05. The van der Waals surface area contributed by atoms with E-state index in [1.54, 1.807) is 12.1 Å². The number of amides is 1. The first-order valence-corrected chi connectivity index (χ1v) is 7.07. The second-order valence-electron chi connectivity index (χ2n) is 5.58. The van der Waals surface area contributed by atoms with Crippen molar-refractivity contribution in [3.05, 3.63) is 44.9 Å². The van der Waals surface area contributed by atoms with Gasteiger partial charge in [-0.2, -0.15) is 0 Å². The molecule has 0 spiro atoms. The summed E-state index contributed by atoms with van der Waals surface area (Å²) in [6, 6.07) is 5.83. The van der Waals surface area contributed by atoms with Gasteiger partial charge in [0.25, 0.3) is 5.69 Å². The van der Waals surface area contributed by atoms with Gasteiger partial charge in [-0.15, -0.1) is 0 Å². The summed E-state index contributed by atoms with van der Waals surface area (Å²) in [6.45, 7) is 3.89. The smallest absolute Gasteiger partial charge is 0.271 e. The van der Waals surface area contributed by atoms with Crippen molar-refractivity contribution < 1.29 is 9.72 Å². The molecule has 5 nitrogen and oxygen atoms in total. The average molecular weight is 329 g/mol. The van der Waals surface area contributed by atoms with Gasteiger partial charge < -0.3 is 5.32 Å². The molecule has 0 bridgehead atoms. The normalized spacial score (nSPS) is 22.3. The number of anilines is 1. The third kappa shape index (κ3) is 3.36. The van der Waals surface area contributed by atoms with Crippen molar-refractivity contribution >= 4 is 40.5 Å². The molecule has 1 aliphatic rings. The number of non-ortho nitro benzene ring substituents is 1. The van der Waals surface area contributed by atoms with Crippen LogP contribution >= 0.6 is 23.2 Å². The van der Waals surface area contributed by atoms with Crippen molar-refractivity contribution in [3.8, 4) is 0 Å². The summed E-state index contributed by atoms with van der Waals surface area (Å²) >= 11 is 11.3. The number of halogens is 2. The molecular formula is C14H14Cl2N2O3. The predicted molar refractivity (Wildman–Crippen MR) is 82.3 cm³/mol. The summed E-state index contributed by atoms with van der Waals surface area (Å²) in [5, 5.41) is 13.4. The van der Waals surface area contributed by atoms with Crippen LogP contribution in [0.5, 0.6) is 0 Å². The second-order valence-corrected chi connectivity index (χ2v) is 6.59. The first-order chi connectivity index (χ1) is 9.73. The molecule has 1 aliphatic carbocycles. The Morgan fingerprint density at radius 1 is 1.43 bits per heavy atom. The lowest BCUT2D eigenvalue weighted by atomic mass is 10.1. The number of carbonyl (C=O) groups is 1. The van der Waals surface area contributed by atoms with Crippen molar-refractivity contribution in [1.29, 1.82) is 0 Å². The predicted octanol–water partition coefficient (Wildman–Crippen LogP) is 4.12. The van der Waals surface area contributed by atoms with E-state index in [0.717, 1.165) is 0 Å². The quantitative estimate of drug-likeness (QED) is 0.667. The topological polar surface area (TPSA) is 72.2 Å². The number of rotatable bonds is 4. The highest BCUT2D eigenvalue weighted by molar-refractivity contribution is 6.55. The van der Waals surface area contributed by atoms with Crippen molar-refractivity contribution in [2.75, 3.05) is 5.32 Å². The molecule has 1 N–H and O–H groups in total. The fraction of sp³-hybridized carbons (Fsp3) is 0.357. The number of allylic oxidation sites excluding steroid dienone is 1. The number of nitrogens with one attached hydrogen (secondary N) is 1. The van der Waals surface area contributed by atoms with Crippen LogP contribution < -0.4 is 5.32 Å². The highest BCUT2D eigenvalue weighted by Gasteiger charge is 2.60. The van der Waals surface area contributed by atoms with Gasteiger partial charge in [0.15, 0.2) is 0 Å². The maximum absolute atomic E-state index is 12.3. The van der Waals surface area contributed by atoms with E-state index in [9.17, 15) is 14.9 Å². The van der Waals surface area contributed by atoms with E-state index < -0.39 is 4.92 Å². The zero-order valence-corrected chi connectivity index (χ0v) is 13.0. The van der Waals surface area contributed by atoms with Crippen molar-refractivity contribution in [3.63, 3.8) is 0 Å². The fourth-order valence-electron chi connectivity index (χ4n) is 2.54. The summed E-state index contributed by atoms with van der Waals surface area (Å²) in [5.74, 6) is -0.498. The molecule has 1 fully saturated rings. The Morgan fingerprint density at radius 2 is 2.10 bits per heavy atom. The van der Waals surface area contributed by atoms with Crippen LogP contribution in [0.4, 0.5) is 11.4 Å². The van der Waals surface area contributed by atoms with Crippen molar-refractivity contribution in [2.45, 2.75) is 13.8 Å². The summed E-state index contributed by atoms with van der Waals surface area (Å²) in [7, 11) is 0. The molecular weight excluding hydrogens is 315 g/mol. The molecule has 0 aromatic heterocycles. The van der Waals surface area contributed by atoms with E-state index in [0.29, 0.717) is 5.69 Å². The Balaban J connectivity index is 2.11. The Bertz CT molecular complexity index is 624. The number of nitrogens with zero attached hydrogens (tertiary/aromatic N) is 1. The molecule has 7 heteroatoms. The molecule has 1 saturated carbocycles. The third-order valence-electron chi connectivity index (χ3n) is 3.82. The number of carbonyl (C=O) groups excluding carboxylic acids is 1. The van der Waals surface area contributed by atoms with E-state index in [4.69, 9.17) is 23.2 Å². The van der Waals surface area contributed by atoms with Gasteiger partial charge in [-0.05, 0) is 23.5 Å². The summed E-state index contributed by atoms with van der Waals surface area (Å²) in [4.78, 5) is 22.5. The molecule has 0 heterocycles. The van der Waals surface area contributed by atoms with Gasteiger partial charge in [-0.3, -0.25) is 14.9 Å². The molecule has 2 atom stereocenters. The van der Waals surface area contributed by atoms with Gasteiger partial charge >= 0.3 is 0 Å². The minimum absolute atomic E-state index is 0.0406. The first kappa shape index (κ1) is 15.8. The van der Waals surface area contributed by atoms with Crippen LogP contribution in [0, 0.1) is 27.4 Å². The Labute approximate surface area is 132 Å². The third-order valence-corrected chi connectivity index (χ3v) is 4.08. The van der Waals surface area contributed by atoms with Crippen LogP contribution in [0.3, 0.4) is 0 Å². The maximum atomic E-state index is 12.3. The van der Waals surface area contributed by atoms with Crippen LogP contribution in [-0.4, -0.2) is 10.8 Å². The molecule has 0 aliphatic heterocycles. The second kappa shape index (κ2) is 5.66. The molecule has 0 unspecified atom stereocenters. The van der Waals surface area contributed by atoms with Gasteiger partial charge in [-0.25, -0.2) is 0 Å². The van der Waals surface area contributed by atoms with Gasteiger partial charge in [0, 0.05) is 17.8 Å². The summed E-state index contributed by atoms with van der Waals surface area (Å²) in [6.07, 6.45) is 1.65. The van der Waals surface area contributed by atoms with Crippen molar-refractivity contribution in [1.82, 2.24) is 0 Å². The van der Waals surface area contributed by atoms with E-state index in [-0.39, 0.29) is 33.3 Å². The van der Waals surface area contributed by atoms with Gasteiger partial charge in [0.05, 0.1) is 10.8 Å². The molecule has 1 aromatic rings. The fourth-order valence-corrected chi connectivity index (χ4v) is 2.81. The number of hydrogen-bond donors (Lipinski definition) is 1. The van der Waals surface area contributed by atoms with Crippen LogP contribution in [-0.2, 0) is 4.79 Å². The highest BCUT2D eigenvalue weighted by Crippen LogP contribution is 2.60. The molecule has 21 heavy (non-hydrogen) atoms. The monoisotopic (exact) mass is 328 g/mol. The minimum Gasteiger partial charge on any atom is -0.326 e. The van der Waals surface area contributed by atoms with Crippen LogP contribution in [0.25, 0.3) is 0 Å². The van der Waals surface area contributed by atoms with Crippen LogP contribution in [0.1, 0.15) is 13.8 Å². The Kier molecular flexibility index (Phi) is 4.25. The molecule has 1 aromatic carbocycles. The molecule has 1 amide bonds. The maximum Gasteiger partial charge on any atom is 0.271 e. The Hall–Kier alpha value is -1.59. The summed E-state index contributed by atoms with van der Waals surface area (Å²) in [5.41, 5.74) is 0.0968. The minimum atomic E-state index is -0.504. The Morgan fingerprint density at radius 3 is 2.67 bits per heavy atom. The van der Waals surface area contributed by atoms with Crippen LogP contribution in [0.15, 0.2) is 34.8 Å². The van der Waals surface area contributed by atoms with Gasteiger partial charge in [-0.1, -0.05) is 43.1 Å². The molecule has 2 rings (SSSR count). The average Bonchev–Trinajstić information content (AvgIpc) is 2.90. The van der Waals surface area contributed by atoms with E-state index in [2.05, 4.69) is 5.32 Å². The standard InChI is InChI=1S/C14H14Cl2N2O3/c1-14(2)10(7-11(15)16)12(14)13(19)17-8-4-3-5-9(6-8)18(20)21/h3-7,10,12H,1-2H3,(H,17,19)/t10-,12-/m1/s1. The lowest BCUT2D eigenvalue weighted by molar-refractivity contribution is -0.384. The zero-order chi connectivity index (χ0) is 15.8. The SMILES string of the molecule is CC1(C)[C@H](C=C(Cl)Cl)[C@@H]1C(=O)Nc1cccc([N+](=O)[O-])c1. The lowest BCUT2D eigenvalue weighted by Crippen LogP contribution is -2.16. The van der Waals surface area contributed by atoms with E-state index in [1.165, 1.54) is 18.2 Å². The molecule has 0 saturated heterocycles. The van der Waals surface area contributed by atoms with Crippen molar-refractivity contribution in [2.24, 2.45) is 17.3 Å². The van der Waals surface area contributed by atoms with E-state index >= 15 is 0 Å². The molecule has 0 radical (unpaired) electrons.